The molecule has 0 saturated carbocycles. The fraction of sp³-hybridized carbons (Fsp3) is 0.207. The van der Waals surface area contributed by atoms with Gasteiger partial charge in [-0.15, -0.1) is 0 Å². The van der Waals surface area contributed by atoms with Crippen LogP contribution in [0, 0.1) is 13.8 Å². The molecule has 1 heterocycles. The quantitative estimate of drug-likeness (QED) is 0.383. The van der Waals surface area contributed by atoms with Crippen molar-refractivity contribution in [3.05, 3.63) is 102 Å². The standard InChI is InChI=1S/C29H30N4O2/c1-20(2)32(28(35)24-13-9-6-10-14-24)19-27(34)31-29-30-26(23-11-7-5-8-12-23)18-33(29)25-16-15-21(3)22(4)17-25/h5-18,20H,19H2,1-4H3,(H,30,31,34). The van der Waals surface area contributed by atoms with Gasteiger partial charge in [0.2, 0.25) is 11.9 Å². The van der Waals surface area contributed by atoms with Crippen LogP contribution in [-0.4, -0.2) is 38.9 Å². The first kappa shape index (κ1) is 24.0. The van der Waals surface area contributed by atoms with Crippen molar-refractivity contribution >= 4 is 17.8 Å². The molecule has 0 unspecified atom stereocenters. The van der Waals surface area contributed by atoms with Gasteiger partial charge in [0.15, 0.2) is 0 Å². The van der Waals surface area contributed by atoms with Crippen LogP contribution in [0.1, 0.15) is 35.3 Å². The second kappa shape index (κ2) is 10.4. The predicted molar refractivity (Wildman–Crippen MR) is 140 cm³/mol. The Bertz CT molecular complexity index is 1330. The molecule has 0 atom stereocenters. The molecule has 0 spiro atoms. The van der Waals surface area contributed by atoms with Crippen molar-refractivity contribution in [2.45, 2.75) is 33.7 Å². The van der Waals surface area contributed by atoms with Gasteiger partial charge in [0.05, 0.1) is 5.69 Å². The summed E-state index contributed by atoms with van der Waals surface area (Å²) in [7, 11) is 0. The number of imidazole rings is 1. The van der Waals surface area contributed by atoms with E-state index in [-0.39, 0.29) is 24.4 Å². The van der Waals surface area contributed by atoms with E-state index in [1.165, 1.54) is 5.56 Å². The maximum atomic E-state index is 13.2. The summed E-state index contributed by atoms with van der Waals surface area (Å²) in [5.74, 6) is -0.0792. The van der Waals surface area contributed by atoms with Crippen LogP contribution in [-0.2, 0) is 4.79 Å². The topological polar surface area (TPSA) is 67.2 Å². The number of hydrogen-bond donors (Lipinski definition) is 1. The first-order valence-corrected chi connectivity index (χ1v) is 11.7. The Hall–Kier alpha value is -4.19. The summed E-state index contributed by atoms with van der Waals surface area (Å²) in [6, 6.07) is 24.8. The van der Waals surface area contributed by atoms with Crippen molar-refractivity contribution in [3.8, 4) is 16.9 Å². The molecule has 0 aliphatic carbocycles. The molecule has 4 rings (SSSR count). The molecule has 0 bridgehead atoms. The zero-order valence-electron chi connectivity index (χ0n) is 20.5. The van der Waals surface area contributed by atoms with Crippen LogP contribution in [0.5, 0.6) is 0 Å². The number of nitrogens with one attached hydrogen (secondary N) is 1. The second-order valence-electron chi connectivity index (χ2n) is 8.90. The van der Waals surface area contributed by atoms with E-state index < -0.39 is 0 Å². The maximum Gasteiger partial charge on any atom is 0.254 e. The summed E-state index contributed by atoms with van der Waals surface area (Å²) in [4.78, 5) is 32.5. The van der Waals surface area contributed by atoms with Crippen LogP contribution in [0.4, 0.5) is 5.95 Å². The highest BCUT2D eigenvalue weighted by molar-refractivity contribution is 5.99. The zero-order valence-corrected chi connectivity index (χ0v) is 20.5. The molecular formula is C29H30N4O2. The maximum absolute atomic E-state index is 13.2. The number of benzene rings is 3. The van der Waals surface area contributed by atoms with Crippen LogP contribution in [0.3, 0.4) is 0 Å². The van der Waals surface area contributed by atoms with Gasteiger partial charge < -0.3 is 4.90 Å². The predicted octanol–water partition coefficient (Wildman–Crippen LogP) is 5.65. The minimum absolute atomic E-state index is 0.0775. The Kier molecular flexibility index (Phi) is 7.11. The second-order valence-corrected chi connectivity index (χ2v) is 8.90. The molecule has 6 nitrogen and oxygen atoms in total. The van der Waals surface area contributed by atoms with Crippen LogP contribution in [0.25, 0.3) is 16.9 Å². The van der Waals surface area contributed by atoms with Crippen LogP contribution in [0.2, 0.25) is 0 Å². The number of amides is 2. The molecule has 0 radical (unpaired) electrons. The highest BCUT2D eigenvalue weighted by Crippen LogP contribution is 2.25. The molecule has 0 saturated heterocycles. The Morgan fingerprint density at radius 2 is 1.57 bits per heavy atom. The zero-order chi connectivity index (χ0) is 24.9. The molecule has 0 fully saturated rings. The number of aryl methyl sites for hydroxylation is 2. The number of rotatable bonds is 7. The van der Waals surface area contributed by atoms with Gasteiger partial charge in [0.25, 0.3) is 5.91 Å². The van der Waals surface area contributed by atoms with Crippen molar-refractivity contribution in [1.82, 2.24) is 14.5 Å². The smallest absolute Gasteiger partial charge is 0.254 e. The van der Waals surface area contributed by atoms with Gasteiger partial charge >= 0.3 is 0 Å². The van der Waals surface area contributed by atoms with Crippen molar-refractivity contribution in [2.24, 2.45) is 0 Å². The molecule has 0 aliphatic rings. The van der Waals surface area contributed by atoms with E-state index in [1.54, 1.807) is 17.0 Å². The largest absolute Gasteiger partial charge is 0.327 e. The lowest BCUT2D eigenvalue weighted by Crippen LogP contribution is -2.42. The van der Waals surface area contributed by atoms with Crippen LogP contribution >= 0.6 is 0 Å². The van der Waals surface area contributed by atoms with Gasteiger partial charge in [-0.2, -0.15) is 0 Å². The van der Waals surface area contributed by atoms with Crippen molar-refractivity contribution in [3.63, 3.8) is 0 Å². The minimum Gasteiger partial charge on any atom is -0.327 e. The van der Waals surface area contributed by atoms with Crippen molar-refractivity contribution in [1.29, 1.82) is 0 Å². The Balaban J connectivity index is 1.64. The summed E-state index contributed by atoms with van der Waals surface area (Å²) >= 11 is 0. The number of anilines is 1. The van der Waals surface area contributed by atoms with Crippen molar-refractivity contribution in [2.75, 3.05) is 11.9 Å². The lowest BCUT2D eigenvalue weighted by Gasteiger charge is -2.26. The fourth-order valence-corrected chi connectivity index (χ4v) is 3.84. The van der Waals surface area contributed by atoms with E-state index in [4.69, 9.17) is 4.98 Å². The summed E-state index contributed by atoms with van der Waals surface area (Å²) < 4.78 is 1.88. The Labute approximate surface area is 206 Å². The van der Waals surface area contributed by atoms with Crippen molar-refractivity contribution < 1.29 is 9.59 Å². The highest BCUT2D eigenvalue weighted by atomic mass is 16.2. The molecule has 0 aliphatic heterocycles. The summed E-state index contributed by atoms with van der Waals surface area (Å²) in [6.07, 6.45) is 1.92. The van der Waals surface area contributed by atoms with Gasteiger partial charge in [-0.3, -0.25) is 19.5 Å². The van der Waals surface area contributed by atoms with Crippen LogP contribution < -0.4 is 5.32 Å². The molecule has 35 heavy (non-hydrogen) atoms. The van der Waals surface area contributed by atoms with Gasteiger partial charge in [-0.1, -0.05) is 54.6 Å². The number of hydrogen-bond acceptors (Lipinski definition) is 3. The highest BCUT2D eigenvalue weighted by Gasteiger charge is 2.23. The van der Waals surface area contributed by atoms with Gasteiger partial charge in [-0.25, -0.2) is 4.98 Å². The minimum atomic E-state index is -0.307. The lowest BCUT2D eigenvalue weighted by molar-refractivity contribution is -0.117. The van der Waals surface area contributed by atoms with E-state index in [0.717, 1.165) is 22.5 Å². The van der Waals surface area contributed by atoms with Gasteiger partial charge in [0, 0.05) is 29.1 Å². The third-order valence-corrected chi connectivity index (χ3v) is 6.01. The normalized spacial score (nSPS) is 10.9. The summed E-state index contributed by atoms with van der Waals surface area (Å²) in [6.45, 7) is 7.85. The van der Waals surface area contributed by atoms with E-state index >= 15 is 0 Å². The molecule has 1 aromatic heterocycles. The molecule has 6 heteroatoms. The first-order chi connectivity index (χ1) is 16.8. The number of carbonyl (C=O) groups is 2. The summed E-state index contributed by atoms with van der Waals surface area (Å²) in [5.41, 5.74) is 5.49. The number of aromatic nitrogens is 2. The van der Waals surface area contributed by atoms with E-state index in [2.05, 4.69) is 31.3 Å². The number of carbonyl (C=O) groups excluding carboxylic acids is 2. The van der Waals surface area contributed by atoms with E-state index in [1.807, 2.05) is 79.2 Å². The van der Waals surface area contributed by atoms with Crippen LogP contribution in [0.15, 0.2) is 85.1 Å². The molecule has 1 N–H and O–H groups in total. The SMILES string of the molecule is Cc1ccc(-n2cc(-c3ccccc3)nc2NC(=O)CN(C(=O)c2ccccc2)C(C)C)cc1C. The van der Waals surface area contributed by atoms with Gasteiger partial charge in [0.1, 0.15) is 6.54 Å². The average molecular weight is 467 g/mol. The Morgan fingerprint density at radius 3 is 2.20 bits per heavy atom. The van der Waals surface area contributed by atoms with E-state index in [9.17, 15) is 9.59 Å². The molecule has 2 amide bonds. The lowest BCUT2D eigenvalue weighted by atomic mass is 10.1. The van der Waals surface area contributed by atoms with E-state index in [0.29, 0.717) is 11.5 Å². The molecule has 3 aromatic carbocycles. The fourth-order valence-electron chi connectivity index (χ4n) is 3.84. The average Bonchev–Trinajstić information content (AvgIpc) is 3.28. The monoisotopic (exact) mass is 466 g/mol. The molecule has 4 aromatic rings. The Morgan fingerprint density at radius 1 is 0.914 bits per heavy atom. The third kappa shape index (κ3) is 5.49. The third-order valence-electron chi connectivity index (χ3n) is 6.01. The first-order valence-electron chi connectivity index (χ1n) is 11.7. The van der Waals surface area contributed by atoms with Gasteiger partial charge in [-0.05, 0) is 63.1 Å². The summed E-state index contributed by atoms with van der Waals surface area (Å²) in [5, 5.41) is 2.94. The molecule has 178 valence electrons. The number of nitrogens with zero attached hydrogens (tertiary/aromatic N) is 3. The molecular weight excluding hydrogens is 436 g/mol.